The van der Waals surface area contributed by atoms with E-state index in [9.17, 15) is 29.4 Å². The minimum absolute atomic E-state index is 0.0841. The quantitative estimate of drug-likeness (QED) is 0.216. The molecule has 1 aliphatic rings. The Bertz CT molecular complexity index is 1000. The predicted molar refractivity (Wildman–Crippen MR) is 166 cm³/mol. The van der Waals surface area contributed by atoms with E-state index in [0.717, 1.165) is 31.4 Å². The van der Waals surface area contributed by atoms with Crippen LogP contribution < -0.4 is 10.6 Å². The Balaban J connectivity index is 1.90. The lowest BCUT2D eigenvalue weighted by Gasteiger charge is -2.33. The number of hydrogen-bond donors (Lipinski definition) is 4. The molecule has 0 aliphatic carbocycles. The summed E-state index contributed by atoms with van der Waals surface area (Å²) in [5.74, 6) is -1.40. The lowest BCUT2D eigenvalue weighted by Crippen LogP contribution is -2.49. The normalized spacial score (nSPS) is 16.7. The number of carbonyl (C=O) groups is 4. The summed E-state index contributed by atoms with van der Waals surface area (Å²) >= 11 is 0. The molecule has 4 N–H and O–H groups in total. The Morgan fingerprint density at radius 3 is 1.67 bits per heavy atom. The van der Waals surface area contributed by atoms with Crippen molar-refractivity contribution in [2.75, 3.05) is 85.1 Å². The second-order valence-electron chi connectivity index (χ2n) is 11.7. The van der Waals surface area contributed by atoms with Gasteiger partial charge in [0, 0.05) is 71.0 Å². The number of amides is 2. The summed E-state index contributed by atoms with van der Waals surface area (Å²) in [6.45, 7) is 12.7. The van der Waals surface area contributed by atoms with E-state index in [1.165, 1.54) is 0 Å². The second-order valence-corrected chi connectivity index (χ2v) is 11.7. The summed E-state index contributed by atoms with van der Waals surface area (Å²) in [6, 6.07) is 7.24. The highest BCUT2D eigenvalue weighted by Gasteiger charge is 2.20. The van der Waals surface area contributed by atoms with E-state index < -0.39 is 11.9 Å². The van der Waals surface area contributed by atoms with Gasteiger partial charge in [0.1, 0.15) is 0 Å². The molecule has 1 saturated heterocycles. The first-order valence-electron chi connectivity index (χ1n) is 15.5. The predicted octanol–water partition coefficient (Wildman–Crippen LogP) is 1.27. The van der Waals surface area contributed by atoms with E-state index in [1.807, 2.05) is 21.9 Å². The van der Waals surface area contributed by atoms with Gasteiger partial charge in [-0.25, -0.2) is 0 Å². The number of carboxylic acids is 2. The van der Waals surface area contributed by atoms with Crippen molar-refractivity contribution in [2.24, 2.45) is 5.92 Å². The Hall–Kier alpha value is -3.06. The summed E-state index contributed by atoms with van der Waals surface area (Å²) in [6.07, 6.45) is 3.22. The van der Waals surface area contributed by atoms with Gasteiger partial charge in [0.05, 0.1) is 19.6 Å². The Morgan fingerprint density at radius 1 is 0.721 bits per heavy atom. The van der Waals surface area contributed by atoms with Crippen LogP contribution in [0.4, 0.5) is 0 Å². The first-order valence-corrected chi connectivity index (χ1v) is 15.5. The van der Waals surface area contributed by atoms with Crippen molar-refractivity contribution in [3.63, 3.8) is 0 Å². The van der Waals surface area contributed by atoms with Gasteiger partial charge in [-0.3, -0.25) is 33.9 Å². The molecule has 0 aromatic heterocycles. The van der Waals surface area contributed by atoms with Crippen LogP contribution in [0, 0.1) is 5.92 Å². The largest absolute Gasteiger partial charge is 0.480 e. The first-order chi connectivity index (χ1) is 20.5. The molecule has 1 aliphatic heterocycles. The highest BCUT2D eigenvalue weighted by atomic mass is 16.4. The fourth-order valence-electron chi connectivity index (χ4n) is 4.97. The third-order valence-corrected chi connectivity index (χ3v) is 7.66. The third kappa shape index (κ3) is 15.8. The highest BCUT2D eigenvalue weighted by molar-refractivity contribution is 5.94. The van der Waals surface area contributed by atoms with Gasteiger partial charge in [-0.1, -0.05) is 45.7 Å². The molecule has 0 spiro atoms. The minimum atomic E-state index is -0.941. The fourth-order valence-corrected chi connectivity index (χ4v) is 4.97. The molecule has 1 fully saturated rings. The van der Waals surface area contributed by atoms with Gasteiger partial charge in [0.15, 0.2) is 0 Å². The Kier molecular flexibility index (Phi) is 16.8. The van der Waals surface area contributed by atoms with Crippen LogP contribution in [0.2, 0.25) is 0 Å². The number of nitrogens with one attached hydrogen (secondary N) is 2. The molecular formula is C31H52N6O6. The van der Waals surface area contributed by atoms with Gasteiger partial charge in [0.2, 0.25) is 5.91 Å². The average molecular weight is 605 g/mol. The molecule has 1 aromatic rings. The molecule has 0 saturated carbocycles. The molecule has 12 nitrogen and oxygen atoms in total. The van der Waals surface area contributed by atoms with Crippen molar-refractivity contribution in [1.29, 1.82) is 0 Å². The van der Waals surface area contributed by atoms with Crippen LogP contribution in [0.5, 0.6) is 0 Å². The van der Waals surface area contributed by atoms with Gasteiger partial charge in [0.25, 0.3) is 5.91 Å². The Morgan fingerprint density at radius 2 is 1.21 bits per heavy atom. The summed E-state index contributed by atoms with van der Waals surface area (Å²) < 4.78 is 0. The number of nitrogens with zero attached hydrogens (tertiary/aromatic N) is 4. The molecule has 0 bridgehead atoms. The number of rotatable bonds is 15. The summed E-state index contributed by atoms with van der Waals surface area (Å²) in [5, 5.41) is 24.6. The molecular weight excluding hydrogens is 552 g/mol. The number of unbranched alkanes of at least 4 members (excludes halogenated alkanes) is 1. The maximum absolute atomic E-state index is 12.9. The van der Waals surface area contributed by atoms with Crippen LogP contribution in [-0.4, -0.2) is 139 Å². The molecule has 0 unspecified atom stereocenters. The number of likely N-dealkylation sites (N-methyl/N-ethyl adjacent to an activating group) is 1. The highest BCUT2D eigenvalue weighted by Crippen LogP contribution is 2.07. The van der Waals surface area contributed by atoms with Crippen LogP contribution >= 0.6 is 0 Å². The van der Waals surface area contributed by atoms with Crippen molar-refractivity contribution >= 4 is 23.8 Å². The van der Waals surface area contributed by atoms with Crippen LogP contribution in [0.3, 0.4) is 0 Å². The molecule has 1 heterocycles. The van der Waals surface area contributed by atoms with E-state index in [2.05, 4.69) is 36.3 Å². The zero-order chi connectivity index (χ0) is 31.6. The molecule has 242 valence electrons. The van der Waals surface area contributed by atoms with Gasteiger partial charge in [-0.05, 0) is 36.6 Å². The molecule has 0 radical (unpaired) electrons. The van der Waals surface area contributed by atoms with E-state index >= 15 is 0 Å². The summed E-state index contributed by atoms with van der Waals surface area (Å²) in [4.78, 5) is 56.0. The number of hydrogen-bond acceptors (Lipinski definition) is 8. The number of carbonyl (C=O) groups excluding carboxylic acids is 2. The van der Waals surface area contributed by atoms with Crippen molar-refractivity contribution in [3.05, 3.63) is 35.4 Å². The van der Waals surface area contributed by atoms with Crippen LogP contribution in [-0.2, 0) is 20.9 Å². The molecule has 1 aromatic carbocycles. The number of benzene rings is 1. The van der Waals surface area contributed by atoms with Crippen LogP contribution in [0.15, 0.2) is 24.3 Å². The lowest BCUT2D eigenvalue weighted by molar-refractivity contribution is -0.140. The Labute approximate surface area is 256 Å². The lowest BCUT2D eigenvalue weighted by atomic mass is 10.1. The molecule has 12 heteroatoms. The molecule has 43 heavy (non-hydrogen) atoms. The summed E-state index contributed by atoms with van der Waals surface area (Å²) in [7, 11) is 0. The summed E-state index contributed by atoms with van der Waals surface area (Å²) in [5.41, 5.74) is 1.49. The average Bonchev–Trinajstić information content (AvgIpc) is 2.95. The van der Waals surface area contributed by atoms with Crippen molar-refractivity contribution < 1.29 is 29.4 Å². The van der Waals surface area contributed by atoms with Crippen molar-refractivity contribution in [3.8, 4) is 0 Å². The van der Waals surface area contributed by atoms with Crippen molar-refractivity contribution in [1.82, 2.24) is 30.2 Å². The second kappa shape index (κ2) is 20.0. The van der Waals surface area contributed by atoms with E-state index in [1.54, 1.807) is 17.0 Å². The van der Waals surface area contributed by atoms with E-state index in [0.29, 0.717) is 76.9 Å². The zero-order valence-electron chi connectivity index (χ0n) is 26.2. The minimum Gasteiger partial charge on any atom is -0.480 e. The van der Waals surface area contributed by atoms with Gasteiger partial charge in [-0.15, -0.1) is 0 Å². The first kappa shape index (κ1) is 36.1. The zero-order valence-corrected chi connectivity index (χ0v) is 26.2. The SMILES string of the molecule is CCN1CCN(CC(=O)O)CCN(CC(=O)O)CCN(CC(=O)NCc2ccc(C(=O)NCCCCC(C)C)cc2)CC1. The van der Waals surface area contributed by atoms with E-state index in [4.69, 9.17) is 0 Å². The molecule has 2 rings (SSSR count). The van der Waals surface area contributed by atoms with Crippen LogP contribution in [0.25, 0.3) is 0 Å². The smallest absolute Gasteiger partial charge is 0.317 e. The number of aliphatic carboxylic acids is 2. The monoisotopic (exact) mass is 604 g/mol. The topological polar surface area (TPSA) is 146 Å². The van der Waals surface area contributed by atoms with Crippen LogP contribution in [0.1, 0.15) is 56.0 Å². The third-order valence-electron chi connectivity index (χ3n) is 7.66. The molecule has 0 atom stereocenters. The fraction of sp³-hybridized carbons (Fsp3) is 0.677. The maximum Gasteiger partial charge on any atom is 0.317 e. The standard InChI is InChI=1S/C31H52N6O6/c1-4-34-13-15-35(17-18-37(24-30(41)42)20-19-36(16-14-34)23-29(39)40)22-28(38)33-21-26-8-10-27(11-9-26)31(43)32-12-6-5-7-25(2)3/h8-11,25H,4-7,12-24H2,1-3H3,(H,32,43)(H,33,38)(H,39,40)(H,41,42). The van der Waals surface area contributed by atoms with Gasteiger partial charge < -0.3 is 25.7 Å². The molecule has 2 amide bonds. The van der Waals surface area contributed by atoms with Crippen molar-refractivity contribution in [2.45, 2.75) is 46.6 Å². The van der Waals surface area contributed by atoms with E-state index in [-0.39, 0.29) is 31.4 Å². The maximum atomic E-state index is 12.9. The van der Waals surface area contributed by atoms with Gasteiger partial charge in [-0.2, -0.15) is 0 Å². The number of carboxylic acid groups (broad SMARTS) is 2. The van der Waals surface area contributed by atoms with Gasteiger partial charge >= 0.3 is 11.9 Å².